The number of anilines is 1. The van der Waals surface area contributed by atoms with E-state index in [2.05, 4.69) is 42.2 Å². The molecule has 8 heteroatoms. The van der Waals surface area contributed by atoms with Gasteiger partial charge in [0, 0.05) is 11.1 Å². The van der Waals surface area contributed by atoms with E-state index in [9.17, 15) is 8.78 Å². The molecular weight excluding hydrogens is 413 g/mol. The summed E-state index contributed by atoms with van der Waals surface area (Å²) in [5.41, 5.74) is 0.331. The van der Waals surface area contributed by atoms with Crippen LogP contribution < -0.4 is 5.32 Å². The number of thiazole rings is 1. The second-order valence-corrected chi connectivity index (χ2v) is 6.56. The molecular formula is C10H5Br2ClF2N2S. The Hall–Kier alpha value is -0.240. The van der Waals surface area contributed by atoms with Gasteiger partial charge in [0.05, 0.1) is 21.2 Å². The van der Waals surface area contributed by atoms with Crippen molar-refractivity contribution in [1.29, 1.82) is 0 Å². The Morgan fingerprint density at radius 2 is 2.06 bits per heavy atom. The van der Waals surface area contributed by atoms with Gasteiger partial charge >= 0.3 is 0 Å². The van der Waals surface area contributed by atoms with Crippen molar-refractivity contribution < 1.29 is 8.78 Å². The summed E-state index contributed by atoms with van der Waals surface area (Å²) >= 11 is 12.9. The number of nitrogens with zero attached hydrogens (tertiary/aromatic N) is 1. The van der Waals surface area contributed by atoms with Crippen LogP contribution in [0.15, 0.2) is 21.2 Å². The lowest BCUT2D eigenvalue weighted by atomic mass is 10.3. The smallest absolute Gasteiger partial charge is 0.183 e. The molecule has 0 radical (unpaired) electrons. The molecule has 18 heavy (non-hydrogen) atoms. The van der Waals surface area contributed by atoms with E-state index in [1.807, 2.05) is 0 Å². The monoisotopic (exact) mass is 416 g/mol. The molecule has 1 N–H and O–H groups in total. The molecule has 0 atom stereocenters. The van der Waals surface area contributed by atoms with Gasteiger partial charge in [-0.3, -0.25) is 0 Å². The summed E-state index contributed by atoms with van der Waals surface area (Å²) in [6, 6.07) is 1.21. The average molecular weight is 418 g/mol. The maximum absolute atomic E-state index is 13.6. The van der Waals surface area contributed by atoms with E-state index in [0.717, 1.165) is 4.88 Å². The van der Waals surface area contributed by atoms with Crippen LogP contribution in [0.4, 0.5) is 14.5 Å². The Balaban J connectivity index is 2.19. The van der Waals surface area contributed by atoms with E-state index >= 15 is 0 Å². The van der Waals surface area contributed by atoms with Crippen LogP contribution in [0.1, 0.15) is 4.88 Å². The van der Waals surface area contributed by atoms with Crippen molar-refractivity contribution in [2.24, 2.45) is 0 Å². The third-order valence-corrected chi connectivity index (χ3v) is 4.70. The van der Waals surface area contributed by atoms with Gasteiger partial charge in [-0.15, -0.1) is 11.3 Å². The fourth-order valence-corrected chi connectivity index (χ4v) is 3.20. The summed E-state index contributed by atoms with van der Waals surface area (Å²) in [4.78, 5) is 4.75. The van der Waals surface area contributed by atoms with Crippen LogP contribution in [0.2, 0.25) is 4.47 Å². The van der Waals surface area contributed by atoms with Crippen LogP contribution in [-0.4, -0.2) is 4.98 Å². The molecule has 96 valence electrons. The van der Waals surface area contributed by atoms with Crippen molar-refractivity contribution >= 4 is 60.5 Å². The molecule has 0 bridgehead atoms. The number of aromatic nitrogens is 1. The molecule has 2 rings (SSSR count). The van der Waals surface area contributed by atoms with E-state index < -0.39 is 11.6 Å². The van der Waals surface area contributed by atoms with E-state index in [-0.39, 0.29) is 8.95 Å². The normalized spacial score (nSPS) is 10.7. The van der Waals surface area contributed by atoms with Crippen LogP contribution in [0.25, 0.3) is 0 Å². The fourth-order valence-electron chi connectivity index (χ4n) is 1.25. The summed E-state index contributed by atoms with van der Waals surface area (Å²) in [5.74, 6) is -1.35. The van der Waals surface area contributed by atoms with Crippen molar-refractivity contribution in [3.05, 3.63) is 42.2 Å². The molecule has 0 saturated heterocycles. The van der Waals surface area contributed by atoms with Crippen LogP contribution in [0, 0.1) is 11.6 Å². The molecule has 0 aliphatic carbocycles. The number of halogens is 5. The largest absolute Gasteiger partial charge is 0.379 e. The first-order valence-electron chi connectivity index (χ1n) is 4.66. The zero-order valence-corrected chi connectivity index (χ0v) is 13.4. The van der Waals surface area contributed by atoms with Crippen LogP contribution in [0.5, 0.6) is 0 Å². The predicted molar refractivity (Wildman–Crippen MR) is 76.2 cm³/mol. The predicted octanol–water partition coefficient (Wildman–Crippen LogP) is 5.21. The first kappa shape index (κ1) is 14.2. The van der Waals surface area contributed by atoms with Gasteiger partial charge in [-0.05, 0) is 37.9 Å². The lowest BCUT2D eigenvalue weighted by Crippen LogP contribution is -2.01. The highest BCUT2D eigenvalue weighted by molar-refractivity contribution is 9.11. The van der Waals surface area contributed by atoms with Gasteiger partial charge in [-0.25, -0.2) is 13.8 Å². The minimum atomic E-state index is -0.681. The van der Waals surface area contributed by atoms with Crippen molar-refractivity contribution in [1.82, 2.24) is 4.98 Å². The average Bonchev–Trinajstić information content (AvgIpc) is 2.75. The van der Waals surface area contributed by atoms with Crippen molar-refractivity contribution in [3.8, 4) is 0 Å². The Kier molecular flexibility index (Phi) is 4.58. The topological polar surface area (TPSA) is 24.9 Å². The van der Waals surface area contributed by atoms with E-state index in [1.54, 1.807) is 6.20 Å². The maximum atomic E-state index is 13.6. The van der Waals surface area contributed by atoms with Crippen molar-refractivity contribution in [2.45, 2.75) is 6.54 Å². The second-order valence-electron chi connectivity index (χ2n) is 3.28. The summed E-state index contributed by atoms with van der Waals surface area (Å²) in [6.45, 7) is 0.392. The zero-order valence-electron chi connectivity index (χ0n) is 8.61. The van der Waals surface area contributed by atoms with Gasteiger partial charge < -0.3 is 5.32 Å². The SMILES string of the molecule is Fc1cc(NCc2cnc(Cl)s2)c(Br)c(F)c1Br. The van der Waals surface area contributed by atoms with Crippen LogP contribution in [0.3, 0.4) is 0 Å². The molecule has 0 spiro atoms. The highest BCUT2D eigenvalue weighted by Crippen LogP contribution is 2.33. The molecule has 1 heterocycles. The quantitative estimate of drug-likeness (QED) is 0.547. The molecule has 0 saturated carbocycles. The zero-order chi connectivity index (χ0) is 13.3. The summed E-state index contributed by atoms with van der Waals surface area (Å²) in [5, 5.41) is 2.92. The van der Waals surface area contributed by atoms with Gasteiger partial charge in [-0.1, -0.05) is 11.6 Å². The van der Waals surface area contributed by atoms with E-state index in [4.69, 9.17) is 11.6 Å². The summed E-state index contributed by atoms with van der Waals surface area (Å²) in [6.07, 6.45) is 1.61. The number of hydrogen-bond donors (Lipinski definition) is 1. The third kappa shape index (κ3) is 3.01. The van der Waals surface area contributed by atoms with Crippen LogP contribution in [-0.2, 0) is 6.54 Å². The van der Waals surface area contributed by atoms with Gasteiger partial charge in [0.1, 0.15) is 5.82 Å². The second kappa shape index (κ2) is 5.81. The molecule has 0 unspecified atom stereocenters. The minimum Gasteiger partial charge on any atom is -0.379 e. The number of benzene rings is 1. The molecule has 2 nitrogen and oxygen atoms in total. The minimum absolute atomic E-state index is 0.173. The highest BCUT2D eigenvalue weighted by Gasteiger charge is 2.15. The van der Waals surface area contributed by atoms with Gasteiger partial charge in [0.15, 0.2) is 10.3 Å². The molecule has 0 fully saturated rings. The van der Waals surface area contributed by atoms with Gasteiger partial charge in [0.2, 0.25) is 0 Å². The van der Waals surface area contributed by atoms with Gasteiger partial charge in [-0.2, -0.15) is 0 Å². The molecule has 0 aliphatic heterocycles. The van der Waals surface area contributed by atoms with Crippen molar-refractivity contribution in [2.75, 3.05) is 5.32 Å². The lowest BCUT2D eigenvalue weighted by Gasteiger charge is -2.09. The Morgan fingerprint density at radius 3 is 2.67 bits per heavy atom. The Labute approximate surface area is 128 Å². The van der Waals surface area contributed by atoms with Crippen LogP contribution >= 0.6 is 54.8 Å². The van der Waals surface area contributed by atoms with E-state index in [0.29, 0.717) is 16.7 Å². The molecule has 1 aromatic carbocycles. The van der Waals surface area contributed by atoms with Gasteiger partial charge in [0.25, 0.3) is 0 Å². The first-order chi connectivity index (χ1) is 8.49. The number of hydrogen-bond acceptors (Lipinski definition) is 3. The Bertz CT molecular complexity index is 591. The maximum Gasteiger partial charge on any atom is 0.183 e. The molecule has 0 amide bonds. The number of rotatable bonds is 3. The first-order valence-corrected chi connectivity index (χ1v) is 7.44. The third-order valence-electron chi connectivity index (χ3n) is 2.08. The molecule has 1 aromatic heterocycles. The van der Waals surface area contributed by atoms with Crippen molar-refractivity contribution in [3.63, 3.8) is 0 Å². The molecule has 2 aromatic rings. The highest BCUT2D eigenvalue weighted by atomic mass is 79.9. The summed E-state index contributed by atoms with van der Waals surface area (Å²) < 4.78 is 27.4. The number of nitrogens with one attached hydrogen (secondary N) is 1. The lowest BCUT2D eigenvalue weighted by molar-refractivity contribution is 0.568. The standard InChI is InChI=1S/C10H5Br2ClF2N2S/c11-7-5(14)1-6(8(12)9(7)15)16-2-4-3-17-10(13)18-4/h1,3,16H,2H2. The molecule has 0 aliphatic rings. The Morgan fingerprint density at radius 1 is 1.33 bits per heavy atom. The fraction of sp³-hybridized carbons (Fsp3) is 0.100. The van der Waals surface area contributed by atoms with E-state index in [1.165, 1.54) is 17.4 Å². The summed E-state index contributed by atoms with van der Waals surface area (Å²) in [7, 11) is 0.